The van der Waals surface area contributed by atoms with Crippen LogP contribution in [0.5, 0.6) is 0 Å². The van der Waals surface area contributed by atoms with Gasteiger partial charge in [-0.3, -0.25) is 0 Å². The molecule has 0 saturated carbocycles. The normalized spacial score (nSPS) is 19.8. The lowest BCUT2D eigenvalue weighted by atomic mass is 10.5. The zero-order chi connectivity index (χ0) is 8.81. The minimum Gasteiger partial charge on any atom is -0.379 e. The Labute approximate surface area is 72.9 Å². The van der Waals surface area contributed by atoms with Crippen LogP contribution < -0.4 is 5.53 Å². The van der Waals surface area contributed by atoms with Gasteiger partial charge in [0.1, 0.15) is 6.34 Å². The van der Waals surface area contributed by atoms with Gasteiger partial charge in [-0.1, -0.05) is 0 Å². The van der Waals surface area contributed by atoms with E-state index in [0.717, 1.165) is 26.3 Å². The molecule has 0 aromatic heterocycles. The third-order valence-electron chi connectivity index (χ3n) is 1.50. The van der Waals surface area contributed by atoms with Crippen LogP contribution in [-0.4, -0.2) is 56.6 Å². The average molecular weight is 172 g/mol. The van der Waals surface area contributed by atoms with E-state index in [9.17, 15) is 0 Å². The molecule has 1 rings (SSSR count). The number of nitrogens with zero attached hydrogens (tertiary/aromatic N) is 3. The molecule has 0 unspecified atom stereocenters. The number of hydrazine groups is 1. The second kappa shape index (κ2) is 4.95. The first-order valence-corrected chi connectivity index (χ1v) is 4.07. The molecule has 5 heteroatoms. The largest absolute Gasteiger partial charge is 0.379 e. The van der Waals surface area contributed by atoms with Crippen molar-refractivity contribution in [1.29, 1.82) is 0 Å². The van der Waals surface area contributed by atoms with Gasteiger partial charge in [-0.25, -0.2) is 10.5 Å². The predicted molar refractivity (Wildman–Crippen MR) is 47.7 cm³/mol. The van der Waals surface area contributed by atoms with Crippen LogP contribution >= 0.6 is 0 Å². The summed E-state index contributed by atoms with van der Waals surface area (Å²) in [5.74, 6) is 0. The van der Waals surface area contributed by atoms with Crippen molar-refractivity contribution in [3.8, 4) is 0 Å². The molecule has 1 heterocycles. The minimum absolute atomic E-state index is 0.782. The molecule has 5 nitrogen and oxygen atoms in total. The number of hydrogen-bond donors (Lipinski definition) is 1. The fraction of sp³-hybridized carbons (Fsp3) is 0.857. The lowest BCUT2D eigenvalue weighted by Gasteiger charge is -2.25. The van der Waals surface area contributed by atoms with Crippen molar-refractivity contribution in [2.75, 3.05) is 40.4 Å². The fourth-order valence-electron chi connectivity index (χ4n) is 0.886. The number of hydrogen-bond acceptors (Lipinski definition) is 4. The zero-order valence-electron chi connectivity index (χ0n) is 7.66. The van der Waals surface area contributed by atoms with Crippen LogP contribution in [0.3, 0.4) is 0 Å². The molecular weight excluding hydrogens is 156 g/mol. The van der Waals surface area contributed by atoms with Crippen molar-refractivity contribution in [2.45, 2.75) is 0 Å². The Morgan fingerprint density at radius 2 is 2.08 bits per heavy atom. The van der Waals surface area contributed by atoms with Gasteiger partial charge in [0.2, 0.25) is 0 Å². The molecule has 1 aliphatic heterocycles. The highest BCUT2D eigenvalue weighted by Gasteiger charge is 2.07. The van der Waals surface area contributed by atoms with E-state index in [-0.39, 0.29) is 0 Å². The Morgan fingerprint density at radius 3 is 2.67 bits per heavy atom. The van der Waals surface area contributed by atoms with Crippen molar-refractivity contribution in [1.82, 2.24) is 15.4 Å². The lowest BCUT2D eigenvalue weighted by Crippen LogP contribution is -2.43. The van der Waals surface area contributed by atoms with E-state index in [2.05, 4.69) is 10.6 Å². The van der Waals surface area contributed by atoms with Crippen molar-refractivity contribution in [3.05, 3.63) is 0 Å². The molecule has 12 heavy (non-hydrogen) atoms. The van der Waals surface area contributed by atoms with E-state index in [4.69, 9.17) is 4.74 Å². The van der Waals surface area contributed by atoms with Crippen LogP contribution in [0.2, 0.25) is 0 Å². The number of hydrazone groups is 1. The second-order valence-corrected chi connectivity index (χ2v) is 2.91. The van der Waals surface area contributed by atoms with Gasteiger partial charge in [-0.15, -0.1) is 0 Å². The van der Waals surface area contributed by atoms with Crippen LogP contribution in [0, 0.1) is 0 Å². The summed E-state index contributed by atoms with van der Waals surface area (Å²) in [6.07, 6.45) is 1.73. The van der Waals surface area contributed by atoms with Crippen LogP contribution in [0.25, 0.3) is 0 Å². The molecule has 1 saturated heterocycles. The Bertz CT molecular complexity index is 142. The molecule has 1 fully saturated rings. The van der Waals surface area contributed by atoms with E-state index in [0.29, 0.717) is 0 Å². The summed E-state index contributed by atoms with van der Waals surface area (Å²) < 4.78 is 5.18. The molecule has 1 N–H and O–H groups in total. The van der Waals surface area contributed by atoms with E-state index in [1.165, 1.54) is 0 Å². The number of rotatable bonds is 3. The Morgan fingerprint density at radius 1 is 1.42 bits per heavy atom. The summed E-state index contributed by atoms with van der Waals surface area (Å²) in [5.41, 5.74) is 2.93. The highest BCUT2D eigenvalue weighted by Crippen LogP contribution is 1.91. The number of morpholine rings is 1. The van der Waals surface area contributed by atoms with Crippen LogP contribution in [0.15, 0.2) is 5.10 Å². The van der Waals surface area contributed by atoms with Gasteiger partial charge in [0, 0.05) is 27.2 Å². The minimum atomic E-state index is 0.782. The molecule has 0 radical (unpaired) electrons. The molecule has 0 aromatic rings. The molecule has 0 aromatic carbocycles. The Balaban J connectivity index is 2.12. The maximum absolute atomic E-state index is 5.18. The molecule has 0 amide bonds. The summed E-state index contributed by atoms with van der Waals surface area (Å²) >= 11 is 0. The summed E-state index contributed by atoms with van der Waals surface area (Å²) in [6.45, 7) is 3.35. The topological polar surface area (TPSA) is 40.1 Å². The van der Waals surface area contributed by atoms with Gasteiger partial charge in [0.25, 0.3) is 0 Å². The first-order valence-electron chi connectivity index (χ1n) is 4.07. The van der Waals surface area contributed by atoms with Crippen molar-refractivity contribution in [3.63, 3.8) is 0 Å². The third-order valence-corrected chi connectivity index (χ3v) is 1.50. The lowest BCUT2D eigenvalue weighted by molar-refractivity contribution is 0.0126. The molecule has 0 spiro atoms. The van der Waals surface area contributed by atoms with Crippen molar-refractivity contribution in [2.24, 2.45) is 5.10 Å². The van der Waals surface area contributed by atoms with E-state index in [1.54, 1.807) is 6.34 Å². The van der Waals surface area contributed by atoms with Gasteiger partial charge in [0.05, 0.1) is 13.2 Å². The maximum Gasteiger partial charge on any atom is 0.112 e. The monoisotopic (exact) mass is 172 g/mol. The second-order valence-electron chi connectivity index (χ2n) is 2.91. The van der Waals surface area contributed by atoms with Gasteiger partial charge in [-0.2, -0.15) is 5.10 Å². The highest BCUT2D eigenvalue weighted by atomic mass is 16.5. The zero-order valence-corrected chi connectivity index (χ0v) is 7.66. The SMILES string of the molecule is CN(C)/C=N/NN1CCOCC1. The van der Waals surface area contributed by atoms with Crippen LogP contribution in [-0.2, 0) is 4.74 Å². The maximum atomic E-state index is 5.18. The highest BCUT2D eigenvalue weighted by molar-refractivity contribution is 5.53. The van der Waals surface area contributed by atoms with Crippen molar-refractivity contribution >= 4 is 6.34 Å². The molecule has 0 aliphatic carbocycles. The quantitative estimate of drug-likeness (QED) is 0.348. The van der Waals surface area contributed by atoms with E-state index < -0.39 is 0 Å². The fourth-order valence-corrected chi connectivity index (χ4v) is 0.886. The Kier molecular flexibility index (Phi) is 3.83. The van der Waals surface area contributed by atoms with E-state index in [1.807, 2.05) is 24.0 Å². The molecular formula is C7H16N4O. The van der Waals surface area contributed by atoms with Gasteiger partial charge >= 0.3 is 0 Å². The Hall–Kier alpha value is -0.810. The average Bonchev–Trinajstić information content (AvgIpc) is 2.05. The molecule has 1 aliphatic rings. The van der Waals surface area contributed by atoms with Gasteiger partial charge < -0.3 is 9.64 Å². The molecule has 0 atom stereocenters. The molecule has 0 bridgehead atoms. The van der Waals surface area contributed by atoms with Crippen molar-refractivity contribution < 1.29 is 4.74 Å². The van der Waals surface area contributed by atoms with E-state index >= 15 is 0 Å². The smallest absolute Gasteiger partial charge is 0.112 e. The first-order chi connectivity index (χ1) is 5.79. The van der Waals surface area contributed by atoms with Crippen LogP contribution in [0.4, 0.5) is 0 Å². The summed E-state index contributed by atoms with van der Waals surface area (Å²) in [4.78, 5) is 1.88. The number of ether oxygens (including phenoxy) is 1. The summed E-state index contributed by atoms with van der Waals surface area (Å²) in [5, 5.41) is 6.05. The van der Waals surface area contributed by atoms with Crippen LogP contribution in [0.1, 0.15) is 0 Å². The number of nitrogens with one attached hydrogen (secondary N) is 1. The van der Waals surface area contributed by atoms with Gasteiger partial charge in [0.15, 0.2) is 0 Å². The summed E-state index contributed by atoms with van der Waals surface area (Å²) in [6, 6.07) is 0. The van der Waals surface area contributed by atoms with Gasteiger partial charge in [-0.05, 0) is 0 Å². The predicted octanol–water partition coefficient (Wildman–Crippen LogP) is -0.672. The molecule has 70 valence electrons. The summed E-state index contributed by atoms with van der Waals surface area (Å²) in [7, 11) is 3.87. The standard InChI is InChI=1S/C7H16N4O/c1-10(2)7-8-9-11-3-5-12-6-4-11/h7,9H,3-6H2,1-2H3/b8-7+. The first kappa shape index (κ1) is 9.28. The third kappa shape index (κ3) is 3.54.